The van der Waals surface area contributed by atoms with E-state index in [-0.39, 0.29) is 46.6 Å². The van der Waals surface area contributed by atoms with Crippen LogP contribution in [0.1, 0.15) is 34.0 Å². The third-order valence-electron chi connectivity index (χ3n) is 6.56. The molecule has 4 rings (SSSR count). The molecule has 0 radical (unpaired) electrons. The fraction of sp³-hybridized carbons (Fsp3) is 0.241. The van der Waals surface area contributed by atoms with Crippen LogP contribution in [0, 0.1) is 24.4 Å². The number of methoxy groups -OCH3 is 2. The van der Waals surface area contributed by atoms with E-state index in [1.54, 1.807) is 18.2 Å². The first kappa shape index (κ1) is 29.8. The predicted molar refractivity (Wildman–Crippen MR) is 148 cm³/mol. The lowest BCUT2D eigenvalue weighted by molar-refractivity contribution is 0.0524. The zero-order valence-corrected chi connectivity index (χ0v) is 23.3. The maximum Gasteiger partial charge on any atom is 0.343 e. The summed E-state index contributed by atoms with van der Waals surface area (Å²) in [6, 6.07) is 7.43. The van der Waals surface area contributed by atoms with Crippen molar-refractivity contribution in [1.82, 2.24) is 4.57 Å². The van der Waals surface area contributed by atoms with Crippen LogP contribution in [-0.2, 0) is 17.9 Å². The number of aromatic nitrogens is 1. The Kier molecular flexibility index (Phi) is 8.79. The first-order valence-corrected chi connectivity index (χ1v) is 12.7. The standard InChI is InChI=1S/C29H26ClF3N2O6/c1-5-41-29(38)18-12-35(27-23(28(18)37)14(2)25(32)26(33)24(27)30)21-10-20(19(31)8-16(21)13-36)34-11-15-6-7-17(39-3)9-22(15)40-4/h6-10,12,34,36H,5,11,13H2,1-4H3. The van der Waals surface area contributed by atoms with Gasteiger partial charge < -0.3 is 29.2 Å². The summed E-state index contributed by atoms with van der Waals surface area (Å²) in [5, 5.41) is 11.9. The molecule has 0 atom stereocenters. The molecule has 4 aromatic rings. The molecule has 41 heavy (non-hydrogen) atoms. The summed E-state index contributed by atoms with van der Waals surface area (Å²) in [6.45, 7) is 2.07. The van der Waals surface area contributed by atoms with Crippen LogP contribution < -0.4 is 20.2 Å². The topological polar surface area (TPSA) is 99.0 Å². The number of pyridine rings is 1. The lowest BCUT2D eigenvalue weighted by atomic mass is 10.0. The minimum atomic E-state index is -1.41. The molecule has 0 amide bonds. The summed E-state index contributed by atoms with van der Waals surface area (Å²) >= 11 is 6.22. The van der Waals surface area contributed by atoms with E-state index in [1.165, 1.54) is 34.1 Å². The van der Waals surface area contributed by atoms with E-state index in [0.717, 1.165) is 16.8 Å². The maximum absolute atomic E-state index is 15.2. The van der Waals surface area contributed by atoms with Crippen LogP contribution in [-0.4, -0.2) is 36.5 Å². The average Bonchev–Trinajstić information content (AvgIpc) is 2.97. The maximum atomic E-state index is 15.2. The van der Waals surface area contributed by atoms with Crippen LogP contribution in [0.2, 0.25) is 5.02 Å². The lowest BCUT2D eigenvalue weighted by Gasteiger charge is -2.20. The van der Waals surface area contributed by atoms with Crippen molar-refractivity contribution < 1.29 is 37.3 Å². The summed E-state index contributed by atoms with van der Waals surface area (Å²) in [6.07, 6.45) is 1.05. The molecule has 1 heterocycles. The molecule has 0 saturated heterocycles. The second-order valence-corrected chi connectivity index (χ2v) is 9.28. The monoisotopic (exact) mass is 590 g/mol. The van der Waals surface area contributed by atoms with Crippen molar-refractivity contribution in [2.45, 2.75) is 27.0 Å². The quantitative estimate of drug-likeness (QED) is 0.191. The van der Waals surface area contributed by atoms with Gasteiger partial charge in [0.25, 0.3) is 0 Å². The molecular weight excluding hydrogens is 565 g/mol. The fourth-order valence-electron chi connectivity index (χ4n) is 4.47. The third-order valence-corrected chi connectivity index (χ3v) is 6.91. The zero-order valence-electron chi connectivity index (χ0n) is 22.5. The molecule has 0 aliphatic heterocycles. The smallest absolute Gasteiger partial charge is 0.343 e. The van der Waals surface area contributed by atoms with Crippen molar-refractivity contribution in [3.05, 3.63) is 91.5 Å². The summed E-state index contributed by atoms with van der Waals surface area (Å²) in [7, 11) is 2.98. The van der Waals surface area contributed by atoms with Gasteiger partial charge in [0.15, 0.2) is 11.6 Å². The number of rotatable bonds is 9. The zero-order chi connectivity index (χ0) is 30.0. The van der Waals surface area contributed by atoms with Crippen molar-refractivity contribution >= 4 is 34.2 Å². The Morgan fingerprint density at radius 2 is 1.80 bits per heavy atom. The Morgan fingerprint density at radius 1 is 1.07 bits per heavy atom. The highest BCUT2D eigenvalue weighted by molar-refractivity contribution is 6.35. The molecule has 0 spiro atoms. The van der Waals surface area contributed by atoms with E-state index < -0.39 is 46.0 Å². The minimum absolute atomic E-state index is 0.00767. The van der Waals surface area contributed by atoms with E-state index in [9.17, 15) is 23.5 Å². The Balaban J connectivity index is 1.96. The van der Waals surface area contributed by atoms with Crippen molar-refractivity contribution in [3.8, 4) is 17.2 Å². The number of hydrogen-bond donors (Lipinski definition) is 2. The number of carbonyl (C=O) groups is 1. The van der Waals surface area contributed by atoms with Gasteiger partial charge in [-0.3, -0.25) is 4.79 Å². The molecule has 0 fully saturated rings. The van der Waals surface area contributed by atoms with Gasteiger partial charge in [-0.15, -0.1) is 0 Å². The van der Waals surface area contributed by atoms with Crippen LogP contribution in [0.15, 0.2) is 41.3 Å². The van der Waals surface area contributed by atoms with Gasteiger partial charge in [0, 0.05) is 35.5 Å². The minimum Gasteiger partial charge on any atom is -0.497 e. The average molecular weight is 591 g/mol. The van der Waals surface area contributed by atoms with Crippen molar-refractivity contribution in [1.29, 1.82) is 0 Å². The first-order valence-electron chi connectivity index (χ1n) is 12.4. The highest BCUT2D eigenvalue weighted by atomic mass is 35.5. The van der Waals surface area contributed by atoms with E-state index in [2.05, 4.69) is 5.32 Å². The number of hydrogen-bond acceptors (Lipinski definition) is 7. The highest BCUT2D eigenvalue weighted by Crippen LogP contribution is 2.35. The lowest BCUT2D eigenvalue weighted by Crippen LogP contribution is -2.22. The second kappa shape index (κ2) is 12.1. The predicted octanol–water partition coefficient (Wildman–Crippen LogP) is 5.67. The molecular formula is C29H26ClF3N2O6. The van der Waals surface area contributed by atoms with Crippen molar-refractivity contribution in [2.24, 2.45) is 0 Å². The normalized spacial score (nSPS) is 11.0. The summed E-state index contributed by atoms with van der Waals surface area (Å²) in [4.78, 5) is 26.0. The number of fused-ring (bicyclic) bond motifs is 1. The second-order valence-electron chi connectivity index (χ2n) is 8.90. The number of aliphatic hydroxyl groups excluding tert-OH is 1. The number of halogens is 4. The van der Waals surface area contributed by atoms with Crippen LogP contribution in [0.5, 0.6) is 11.5 Å². The number of nitrogens with zero attached hydrogens (tertiary/aromatic N) is 1. The van der Waals surface area contributed by atoms with Crippen LogP contribution in [0.25, 0.3) is 16.6 Å². The number of benzene rings is 3. The van der Waals surface area contributed by atoms with Gasteiger partial charge in [-0.25, -0.2) is 18.0 Å². The molecule has 0 saturated carbocycles. The summed E-state index contributed by atoms with van der Waals surface area (Å²) in [5.74, 6) is -3.47. The Morgan fingerprint density at radius 3 is 2.44 bits per heavy atom. The van der Waals surface area contributed by atoms with E-state index >= 15 is 4.39 Å². The fourth-order valence-corrected chi connectivity index (χ4v) is 4.74. The van der Waals surface area contributed by atoms with Gasteiger partial charge in [-0.05, 0) is 38.1 Å². The van der Waals surface area contributed by atoms with Gasteiger partial charge in [-0.2, -0.15) is 0 Å². The molecule has 0 bridgehead atoms. The SMILES string of the molecule is CCOC(=O)c1cn(-c2cc(NCc3ccc(OC)cc3OC)c(F)cc2CO)c2c(Cl)c(F)c(F)c(C)c2c1=O. The van der Waals surface area contributed by atoms with Crippen molar-refractivity contribution in [2.75, 3.05) is 26.1 Å². The number of anilines is 1. The van der Waals surface area contributed by atoms with E-state index in [4.69, 9.17) is 25.8 Å². The molecule has 12 heteroatoms. The van der Waals surface area contributed by atoms with Gasteiger partial charge >= 0.3 is 5.97 Å². The molecule has 2 N–H and O–H groups in total. The van der Waals surface area contributed by atoms with Gasteiger partial charge in [0.2, 0.25) is 5.43 Å². The molecule has 1 aromatic heterocycles. The van der Waals surface area contributed by atoms with Gasteiger partial charge in [0.1, 0.15) is 27.9 Å². The van der Waals surface area contributed by atoms with Crippen LogP contribution in [0.3, 0.4) is 0 Å². The van der Waals surface area contributed by atoms with Gasteiger partial charge in [0.05, 0.1) is 49.7 Å². The third kappa shape index (κ3) is 5.42. The molecule has 0 aliphatic carbocycles. The number of carbonyl (C=O) groups excluding carboxylic acids is 1. The van der Waals surface area contributed by atoms with E-state index in [0.29, 0.717) is 17.1 Å². The molecule has 0 unspecified atom stereocenters. The number of ether oxygens (including phenoxy) is 3. The van der Waals surface area contributed by atoms with E-state index in [1.807, 2.05) is 0 Å². The molecule has 216 valence electrons. The van der Waals surface area contributed by atoms with Crippen LogP contribution in [0.4, 0.5) is 18.9 Å². The Hall–Kier alpha value is -4.22. The highest BCUT2D eigenvalue weighted by Gasteiger charge is 2.26. The van der Waals surface area contributed by atoms with Crippen LogP contribution >= 0.6 is 11.6 Å². The summed E-state index contributed by atoms with van der Waals surface area (Å²) < 4.78 is 61.5. The van der Waals surface area contributed by atoms with Crippen molar-refractivity contribution in [3.63, 3.8) is 0 Å². The Labute approximate surface area is 237 Å². The number of esters is 1. The van der Waals surface area contributed by atoms with Gasteiger partial charge in [-0.1, -0.05) is 11.6 Å². The number of aliphatic hydroxyl groups is 1. The molecule has 3 aromatic carbocycles. The Bertz CT molecular complexity index is 1720. The molecule has 8 nitrogen and oxygen atoms in total. The first-order chi connectivity index (χ1) is 19.6. The number of aryl methyl sites for hydroxylation is 1. The number of nitrogens with one attached hydrogen (secondary N) is 1. The largest absolute Gasteiger partial charge is 0.497 e. The molecule has 0 aliphatic rings. The summed E-state index contributed by atoms with van der Waals surface area (Å²) in [5.41, 5.74) is -1.41.